The Kier molecular flexibility index (Phi) is 7.05. The van der Waals surface area contributed by atoms with Crippen molar-refractivity contribution >= 4 is 5.97 Å². The van der Waals surface area contributed by atoms with E-state index in [1.54, 1.807) is 25.3 Å². The molecule has 1 aromatic rings. The average Bonchev–Trinajstić information content (AvgIpc) is 2.44. The summed E-state index contributed by atoms with van der Waals surface area (Å²) in [5, 5.41) is 0. The number of hydrogen-bond donors (Lipinski definition) is 0. The summed E-state index contributed by atoms with van der Waals surface area (Å²) in [4.78, 5) is 12.1. The Labute approximate surface area is 145 Å². The number of methoxy groups -OCH3 is 1. The van der Waals surface area contributed by atoms with Crippen LogP contribution in [0.4, 0.5) is 0 Å². The molecule has 24 heavy (non-hydrogen) atoms. The molecule has 0 bridgehead atoms. The van der Waals surface area contributed by atoms with Crippen LogP contribution in [0.5, 0.6) is 11.5 Å². The molecule has 0 aromatic heterocycles. The molecule has 0 fully saturated rings. The third-order valence-electron chi connectivity index (χ3n) is 3.41. The molecule has 0 N–H and O–H groups in total. The van der Waals surface area contributed by atoms with Crippen molar-refractivity contribution in [1.29, 1.82) is 0 Å². The SMILES string of the molecule is COc1cc(C(=O)OCC[N+](C)(C)C)ccc1OCC[N+](C)(C)C. The van der Waals surface area contributed by atoms with Crippen LogP contribution in [0.15, 0.2) is 18.2 Å². The summed E-state index contributed by atoms with van der Waals surface area (Å²) in [6.45, 7) is 2.59. The lowest BCUT2D eigenvalue weighted by Gasteiger charge is -2.24. The van der Waals surface area contributed by atoms with Crippen LogP contribution in [0, 0.1) is 0 Å². The van der Waals surface area contributed by atoms with Crippen LogP contribution in [0.25, 0.3) is 0 Å². The molecule has 136 valence electrons. The summed E-state index contributed by atoms with van der Waals surface area (Å²) >= 11 is 0. The molecule has 0 saturated heterocycles. The fourth-order valence-electron chi connectivity index (χ4n) is 1.84. The number of ether oxygens (including phenoxy) is 3. The second-order valence-electron chi connectivity index (χ2n) is 7.88. The predicted molar refractivity (Wildman–Crippen MR) is 94.6 cm³/mol. The smallest absolute Gasteiger partial charge is 0.338 e. The maximum Gasteiger partial charge on any atom is 0.338 e. The van der Waals surface area contributed by atoms with Crippen molar-refractivity contribution in [3.05, 3.63) is 23.8 Å². The van der Waals surface area contributed by atoms with Gasteiger partial charge in [0, 0.05) is 0 Å². The highest BCUT2D eigenvalue weighted by Crippen LogP contribution is 2.28. The monoisotopic (exact) mass is 340 g/mol. The number of hydrogen-bond acceptors (Lipinski definition) is 4. The van der Waals surface area contributed by atoms with E-state index in [0.717, 1.165) is 22.1 Å². The molecule has 1 rings (SSSR count). The largest absolute Gasteiger partial charge is 0.493 e. The molecule has 0 aliphatic rings. The van der Waals surface area contributed by atoms with Gasteiger partial charge in [0.2, 0.25) is 0 Å². The van der Waals surface area contributed by atoms with E-state index in [9.17, 15) is 4.79 Å². The van der Waals surface area contributed by atoms with Crippen molar-refractivity contribution < 1.29 is 28.0 Å². The molecule has 0 heterocycles. The van der Waals surface area contributed by atoms with Gasteiger partial charge in [-0.05, 0) is 18.2 Å². The molecule has 6 heteroatoms. The summed E-state index contributed by atoms with van der Waals surface area (Å²) in [6.07, 6.45) is 0. The third-order valence-corrected chi connectivity index (χ3v) is 3.41. The van der Waals surface area contributed by atoms with Crippen molar-refractivity contribution in [2.24, 2.45) is 0 Å². The predicted octanol–water partition coefficient (Wildman–Crippen LogP) is 1.64. The van der Waals surface area contributed by atoms with Crippen LogP contribution >= 0.6 is 0 Å². The molecule has 0 unspecified atom stereocenters. The number of benzene rings is 1. The van der Waals surface area contributed by atoms with Gasteiger partial charge in [-0.1, -0.05) is 0 Å². The normalized spacial score (nSPS) is 12.0. The molecule has 0 radical (unpaired) electrons. The van der Waals surface area contributed by atoms with Crippen LogP contribution in [0.3, 0.4) is 0 Å². The topological polar surface area (TPSA) is 44.8 Å². The first kappa shape index (κ1) is 20.3. The molecule has 0 saturated carbocycles. The van der Waals surface area contributed by atoms with Crippen LogP contribution in [0.2, 0.25) is 0 Å². The average molecular weight is 340 g/mol. The maximum atomic E-state index is 12.1. The molecular formula is C18H32N2O4+2. The van der Waals surface area contributed by atoms with E-state index < -0.39 is 0 Å². The standard InChI is InChI=1S/C18H32N2O4/c1-19(2,3)10-12-23-16-9-8-15(14-17(16)22-7)18(21)24-13-11-20(4,5)6/h8-9,14H,10-13H2,1-7H3/q+2. The van der Waals surface area contributed by atoms with E-state index in [4.69, 9.17) is 14.2 Å². The van der Waals surface area contributed by atoms with Gasteiger partial charge in [-0.2, -0.15) is 0 Å². The number of rotatable bonds is 9. The Morgan fingerprint density at radius 2 is 1.50 bits per heavy atom. The number of esters is 1. The Morgan fingerprint density at radius 3 is 2.04 bits per heavy atom. The zero-order chi connectivity index (χ0) is 18.4. The first-order chi connectivity index (χ1) is 11.0. The molecule has 1 aromatic carbocycles. The number of carbonyl (C=O) groups is 1. The number of carbonyl (C=O) groups excluding carboxylic acids is 1. The minimum Gasteiger partial charge on any atom is -0.493 e. The lowest BCUT2D eigenvalue weighted by atomic mass is 10.2. The van der Waals surface area contributed by atoms with E-state index in [1.807, 2.05) is 0 Å². The minimum absolute atomic E-state index is 0.348. The third kappa shape index (κ3) is 7.66. The van der Waals surface area contributed by atoms with Crippen molar-refractivity contribution in [2.45, 2.75) is 0 Å². The zero-order valence-corrected chi connectivity index (χ0v) is 16.1. The van der Waals surface area contributed by atoms with Gasteiger partial charge >= 0.3 is 5.97 Å². The molecule has 0 atom stereocenters. The highest BCUT2D eigenvalue weighted by Gasteiger charge is 2.15. The maximum absolute atomic E-state index is 12.1. The quantitative estimate of drug-likeness (QED) is 0.506. The highest BCUT2D eigenvalue weighted by molar-refractivity contribution is 5.90. The number of likely N-dealkylation sites (N-methyl/N-ethyl adjacent to an activating group) is 2. The lowest BCUT2D eigenvalue weighted by Crippen LogP contribution is -2.38. The van der Waals surface area contributed by atoms with E-state index in [-0.39, 0.29) is 5.97 Å². The zero-order valence-electron chi connectivity index (χ0n) is 16.1. The summed E-state index contributed by atoms with van der Waals surface area (Å²) in [6, 6.07) is 5.12. The molecule has 6 nitrogen and oxygen atoms in total. The van der Waals surface area contributed by atoms with Crippen LogP contribution in [0.1, 0.15) is 10.4 Å². The first-order valence-electron chi connectivity index (χ1n) is 8.11. The number of nitrogens with zero attached hydrogens (tertiary/aromatic N) is 2. The van der Waals surface area contributed by atoms with Crippen molar-refractivity contribution in [3.8, 4) is 11.5 Å². The van der Waals surface area contributed by atoms with E-state index in [0.29, 0.717) is 30.3 Å². The summed E-state index contributed by atoms with van der Waals surface area (Å²) in [5.74, 6) is 0.825. The van der Waals surface area contributed by atoms with E-state index in [2.05, 4.69) is 42.3 Å². The Hall–Kier alpha value is -1.79. The van der Waals surface area contributed by atoms with Crippen molar-refractivity contribution in [3.63, 3.8) is 0 Å². The van der Waals surface area contributed by atoms with Gasteiger partial charge < -0.3 is 23.2 Å². The fraction of sp³-hybridized carbons (Fsp3) is 0.611. The summed E-state index contributed by atoms with van der Waals surface area (Å²) < 4.78 is 18.0. The summed E-state index contributed by atoms with van der Waals surface area (Å²) in [7, 11) is 14.0. The van der Waals surface area contributed by atoms with E-state index >= 15 is 0 Å². The van der Waals surface area contributed by atoms with Crippen LogP contribution < -0.4 is 9.47 Å². The molecular weight excluding hydrogens is 308 g/mol. The summed E-state index contributed by atoms with van der Waals surface area (Å²) in [5.41, 5.74) is 0.465. The molecule has 0 aliphatic heterocycles. The van der Waals surface area contributed by atoms with Gasteiger partial charge in [0.1, 0.15) is 26.3 Å². The van der Waals surface area contributed by atoms with Crippen molar-refractivity contribution in [1.82, 2.24) is 0 Å². The van der Waals surface area contributed by atoms with Gasteiger partial charge in [-0.25, -0.2) is 4.79 Å². The Bertz CT molecular complexity index is 545. The minimum atomic E-state index is -0.348. The fourth-order valence-corrected chi connectivity index (χ4v) is 1.84. The second-order valence-corrected chi connectivity index (χ2v) is 7.88. The molecule has 0 spiro atoms. The van der Waals surface area contributed by atoms with Crippen LogP contribution in [-0.2, 0) is 4.74 Å². The number of quaternary nitrogens is 2. The van der Waals surface area contributed by atoms with Crippen LogP contribution in [-0.4, -0.2) is 90.6 Å². The Morgan fingerprint density at radius 1 is 0.917 bits per heavy atom. The van der Waals surface area contributed by atoms with Gasteiger partial charge in [0.25, 0.3) is 0 Å². The van der Waals surface area contributed by atoms with E-state index in [1.165, 1.54) is 0 Å². The Balaban J connectivity index is 2.66. The lowest BCUT2D eigenvalue weighted by molar-refractivity contribution is -0.870. The molecule has 0 aliphatic carbocycles. The molecule has 0 amide bonds. The van der Waals surface area contributed by atoms with Gasteiger partial charge in [0.15, 0.2) is 11.5 Å². The van der Waals surface area contributed by atoms with Gasteiger partial charge in [-0.15, -0.1) is 0 Å². The first-order valence-corrected chi connectivity index (χ1v) is 8.11. The highest BCUT2D eigenvalue weighted by atomic mass is 16.5. The van der Waals surface area contributed by atoms with Gasteiger partial charge in [-0.3, -0.25) is 0 Å². The second kappa shape index (κ2) is 8.35. The van der Waals surface area contributed by atoms with Gasteiger partial charge in [0.05, 0.1) is 55.0 Å². The van der Waals surface area contributed by atoms with Crippen molar-refractivity contribution in [2.75, 3.05) is 75.7 Å².